The normalized spacial score (nSPS) is 20.1. The maximum absolute atomic E-state index is 12.4. The number of hydrogen-bond donors (Lipinski definition) is 1. The van der Waals surface area contributed by atoms with Crippen LogP contribution in [0.15, 0.2) is 24.3 Å². The van der Waals surface area contributed by atoms with Crippen molar-refractivity contribution in [2.45, 2.75) is 58.1 Å². The molecule has 1 saturated heterocycles. The molecule has 0 aliphatic carbocycles. The number of amides is 2. The van der Waals surface area contributed by atoms with Gasteiger partial charge < -0.3 is 19.7 Å². The lowest BCUT2D eigenvalue weighted by Crippen LogP contribution is -2.54. The maximum atomic E-state index is 12.4. The largest absolute Gasteiger partial charge is 0.444 e. The van der Waals surface area contributed by atoms with E-state index in [1.54, 1.807) is 4.90 Å². The van der Waals surface area contributed by atoms with Crippen molar-refractivity contribution in [1.82, 2.24) is 10.2 Å². The molecule has 1 fully saturated rings. The van der Waals surface area contributed by atoms with E-state index in [0.717, 1.165) is 12.8 Å². The van der Waals surface area contributed by atoms with Crippen molar-refractivity contribution in [3.63, 3.8) is 0 Å². The molecule has 154 valence electrons. The average molecular weight is 393 g/mol. The number of nitro benzene ring substituents is 1. The first kappa shape index (κ1) is 21.5. The lowest BCUT2D eigenvalue weighted by molar-refractivity contribution is -0.384. The van der Waals surface area contributed by atoms with Gasteiger partial charge in [0, 0.05) is 25.2 Å². The molecule has 1 aromatic carbocycles. The predicted molar refractivity (Wildman–Crippen MR) is 102 cm³/mol. The van der Waals surface area contributed by atoms with E-state index in [-0.39, 0.29) is 11.4 Å². The number of carbonyl (C=O) groups excluding carboxylic acids is 2. The van der Waals surface area contributed by atoms with Gasteiger partial charge in [-0.2, -0.15) is 0 Å². The van der Waals surface area contributed by atoms with Gasteiger partial charge in [-0.1, -0.05) is 0 Å². The van der Waals surface area contributed by atoms with Crippen LogP contribution in [0.1, 0.15) is 47.0 Å². The molecule has 0 aromatic heterocycles. The minimum absolute atomic E-state index is 0.0866. The van der Waals surface area contributed by atoms with Gasteiger partial charge in [-0.05, 0) is 59.1 Å². The van der Waals surface area contributed by atoms with Gasteiger partial charge in [-0.25, -0.2) is 9.59 Å². The van der Waals surface area contributed by atoms with Gasteiger partial charge >= 0.3 is 12.2 Å². The molecule has 1 aromatic rings. The molecule has 1 atom stereocenters. The Labute approximate surface area is 164 Å². The van der Waals surface area contributed by atoms with E-state index in [1.165, 1.54) is 24.3 Å². The molecule has 0 bridgehead atoms. The third-order valence-corrected chi connectivity index (χ3v) is 4.26. The molecule has 2 amide bonds. The highest BCUT2D eigenvalue weighted by Crippen LogP contribution is 2.23. The Bertz CT molecular complexity index is 728. The van der Waals surface area contributed by atoms with Gasteiger partial charge in [0.15, 0.2) is 0 Å². The summed E-state index contributed by atoms with van der Waals surface area (Å²) in [7, 11) is 0. The molecule has 0 unspecified atom stereocenters. The van der Waals surface area contributed by atoms with E-state index < -0.39 is 28.2 Å². The summed E-state index contributed by atoms with van der Waals surface area (Å²) in [4.78, 5) is 36.5. The van der Waals surface area contributed by atoms with Crippen LogP contribution >= 0.6 is 0 Å². The Morgan fingerprint density at radius 1 is 1.21 bits per heavy atom. The summed E-state index contributed by atoms with van der Waals surface area (Å²) in [6.45, 7) is 8.14. The number of likely N-dealkylation sites (tertiary alicyclic amines) is 1. The number of ether oxygens (including phenoxy) is 2. The minimum Gasteiger partial charge on any atom is -0.444 e. The molecule has 2 rings (SSSR count). The molecule has 1 N–H and O–H groups in total. The Balaban J connectivity index is 2.00. The van der Waals surface area contributed by atoms with Crippen LogP contribution in [-0.4, -0.2) is 46.2 Å². The Morgan fingerprint density at radius 2 is 1.86 bits per heavy atom. The minimum atomic E-state index is -0.678. The summed E-state index contributed by atoms with van der Waals surface area (Å²) in [5.74, 6) is 0.198. The fraction of sp³-hybridized carbons (Fsp3) is 0.579. The molecule has 1 heterocycles. The van der Waals surface area contributed by atoms with E-state index in [2.05, 4.69) is 5.32 Å². The standard InChI is InChI=1S/C19H27N3O6/c1-18(2,3)28-17(24)21-12-6-5-11-19(4,13-21)20-16(23)27-15-9-7-14(8-10-15)22(25)26/h7-10H,5-6,11-13H2,1-4H3,(H,20,23)/t19-/m1/s1. The van der Waals surface area contributed by atoms with Crippen molar-refractivity contribution < 1.29 is 24.0 Å². The van der Waals surface area contributed by atoms with Gasteiger partial charge in [0.05, 0.1) is 10.5 Å². The molecular formula is C19H27N3O6. The number of nitrogens with one attached hydrogen (secondary N) is 1. The van der Waals surface area contributed by atoms with Crippen LogP contribution in [0.25, 0.3) is 0 Å². The molecule has 9 heteroatoms. The lowest BCUT2D eigenvalue weighted by Gasteiger charge is -2.34. The summed E-state index contributed by atoms with van der Waals surface area (Å²) in [6.07, 6.45) is 1.25. The Kier molecular flexibility index (Phi) is 6.48. The van der Waals surface area contributed by atoms with Crippen molar-refractivity contribution in [2.24, 2.45) is 0 Å². The van der Waals surface area contributed by atoms with Crippen molar-refractivity contribution in [3.8, 4) is 5.75 Å². The van der Waals surface area contributed by atoms with Gasteiger partial charge in [-0.3, -0.25) is 10.1 Å². The highest BCUT2D eigenvalue weighted by molar-refractivity contribution is 5.72. The molecule has 9 nitrogen and oxygen atoms in total. The van der Waals surface area contributed by atoms with Crippen LogP contribution < -0.4 is 10.1 Å². The molecule has 1 aliphatic rings. The first-order valence-electron chi connectivity index (χ1n) is 9.20. The van der Waals surface area contributed by atoms with Gasteiger partial charge in [-0.15, -0.1) is 0 Å². The monoisotopic (exact) mass is 393 g/mol. The second-order valence-corrected chi connectivity index (χ2v) is 8.19. The Morgan fingerprint density at radius 3 is 2.43 bits per heavy atom. The number of carbonyl (C=O) groups is 2. The smallest absolute Gasteiger partial charge is 0.413 e. The van der Waals surface area contributed by atoms with E-state index in [0.29, 0.717) is 19.5 Å². The first-order chi connectivity index (χ1) is 13.0. The first-order valence-corrected chi connectivity index (χ1v) is 9.20. The molecular weight excluding hydrogens is 366 g/mol. The number of benzene rings is 1. The van der Waals surface area contributed by atoms with E-state index in [4.69, 9.17) is 9.47 Å². The number of nitrogens with zero attached hydrogens (tertiary/aromatic N) is 2. The number of nitro groups is 1. The quantitative estimate of drug-likeness (QED) is 0.616. The molecule has 0 saturated carbocycles. The highest BCUT2D eigenvalue weighted by atomic mass is 16.6. The zero-order chi connectivity index (χ0) is 20.9. The summed E-state index contributed by atoms with van der Waals surface area (Å²) in [6, 6.07) is 5.25. The zero-order valence-corrected chi connectivity index (χ0v) is 16.7. The molecule has 28 heavy (non-hydrogen) atoms. The molecule has 0 radical (unpaired) electrons. The maximum Gasteiger partial charge on any atom is 0.413 e. The SMILES string of the molecule is CC(C)(C)OC(=O)N1CCCC[C@@](C)(NC(=O)Oc2ccc([N+](=O)[O-])cc2)C1. The highest BCUT2D eigenvalue weighted by Gasteiger charge is 2.35. The van der Waals surface area contributed by atoms with Crippen LogP contribution in [0.2, 0.25) is 0 Å². The predicted octanol–water partition coefficient (Wildman–Crippen LogP) is 3.86. The second-order valence-electron chi connectivity index (χ2n) is 8.19. The lowest BCUT2D eigenvalue weighted by atomic mass is 9.96. The van der Waals surface area contributed by atoms with E-state index in [1.807, 2.05) is 27.7 Å². The van der Waals surface area contributed by atoms with Crippen molar-refractivity contribution in [2.75, 3.05) is 13.1 Å². The summed E-state index contributed by atoms with van der Waals surface area (Å²) >= 11 is 0. The van der Waals surface area contributed by atoms with Gasteiger partial charge in [0.2, 0.25) is 0 Å². The fourth-order valence-electron chi connectivity index (χ4n) is 3.00. The van der Waals surface area contributed by atoms with Crippen molar-refractivity contribution in [3.05, 3.63) is 34.4 Å². The van der Waals surface area contributed by atoms with E-state index in [9.17, 15) is 19.7 Å². The number of hydrogen-bond acceptors (Lipinski definition) is 6. The van der Waals surface area contributed by atoms with Crippen molar-refractivity contribution >= 4 is 17.9 Å². The van der Waals surface area contributed by atoms with E-state index >= 15 is 0 Å². The van der Waals surface area contributed by atoms with Crippen LogP contribution in [-0.2, 0) is 4.74 Å². The third-order valence-electron chi connectivity index (χ3n) is 4.26. The van der Waals surface area contributed by atoms with Crippen molar-refractivity contribution in [1.29, 1.82) is 0 Å². The second kappa shape index (κ2) is 8.45. The number of rotatable bonds is 3. The van der Waals surface area contributed by atoms with Gasteiger partial charge in [0.25, 0.3) is 5.69 Å². The zero-order valence-electron chi connectivity index (χ0n) is 16.7. The van der Waals surface area contributed by atoms with Crippen LogP contribution in [0.5, 0.6) is 5.75 Å². The molecule has 0 spiro atoms. The summed E-state index contributed by atoms with van der Waals surface area (Å²) in [5, 5.41) is 13.5. The van der Waals surface area contributed by atoms with Crippen LogP contribution in [0.3, 0.4) is 0 Å². The Hall–Kier alpha value is -2.84. The van der Waals surface area contributed by atoms with Crippen LogP contribution in [0, 0.1) is 10.1 Å². The fourth-order valence-corrected chi connectivity index (χ4v) is 3.00. The van der Waals surface area contributed by atoms with Crippen LogP contribution in [0.4, 0.5) is 15.3 Å². The summed E-state index contributed by atoms with van der Waals surface area (Å²) in [5.41, 5.74) is -1.36. The average Bonchev–Trinajstić information content (AvgIpc) is 2.75. The summed E-state index contributed by atoms with van der Waals surface area (Å²) < 4.78 is 10.7. The third kappa shape index (κ3) is 6.40. The molecule has 1 aliphatic heterocycles. The van der Waals surface area contributed by atoms with Gasteiger partial charge in [0.1, 0.15) is 11.4 Å². The topological polar surface area (TPSA) is 111 Å². The number of non-ortho nitro benzene ring substituents is 1.